The minimum absolute atomic E-state index is 0.229. The number of nitrogens with one attached hydrogen (secondary N) is 2. The maximum Gasteiger partial charge on any atom is 0.248 e. The summed E-state index contributed by atoms with van der Waals surface area (Å²) in [7, 11) is 0. The van der Waals surface area contributed by atoms with E-state index in [1.807, 2.05) is 6.92 Å². The summed E-state index contributed by atoms with van der Waals surface area (Å²) in [6.07, 6.45) is 3.49. The molecular formula is C15H20F2N4O2. The van der Waals surface area contributed by atoms with Gasteiger partial charge in [0.1, 0.15) is 12.1 Å². The second-order valence-electron chi connectivity index (χ2n) is 6.48. The molecule has 2 atom stereocenters. The van der Waals surface area contributed by atoms with E-state index in [0.29, 0.717) is 0 Å². The summed E-state index contributed by atoms with van der Waals surface area (Å²) in [4.78, 5) is 24.5. The standard InChI is InChI=1S/C15H20F2N4O2/c1-9-6-18-21(7-9)8-11-13(22)20-12(14(23)19-11)10-2-4-15(16,17)5-3-10/h6-7,10-12H,2-5,8H2,1H3,(H,19,23)(H,20,22). The second-order valence-corrected chi connectivity index (χ2v) is 6.48. The van der Waals surface area contributed by atoms with Gasteiger partial charge in [-0.25, -0.2) is 8.78 Å². The number of rotatable bonds is 3. The highest BCUT2D eigenvalue weighted by molar-refractivity contribution is 5.97. The van der Waals surface area contributed by atoms with Gasteiger partial charge in [-0.1, -0.05) is 0 Å². The largest absolute Gasteiger partial charge is 0.342 e. The minimum atomic E-state index is -2.65. The molecule has 1 aromatic rings. The van der Waals surface area contributed by atoms with Crippen molar-refractivity contribution in [3.8, 4) is 0 Å². The van der Waals surface area contributed by atoms with Crippen LogP contribution in [0.1, 0.15) is 31.2 Å². The number of piperazine rings is 1. The van der Waals surface area contributed by atoms with Crippen LogP contribution >= 0.6 is 0 Å². The van der Waals surface area contributed by atoms with Crippen molar-refractivity contribution < 1.29 is 18.4 Å². The molecule has 0 bridgehead atoms. The van der Waals surface area contributed by atoms with E-state index in [0.717, 1.165) is 5.56 Å². The van der Waals surface area contributed by atoms with Crippen LogP contribution < -0.4 is 10.6 Å². The van der Waals surface area contributed by atoms with Gasteiger partial charge in [0, 0.05) is 19.0 Å². The third-order valence-electron chi connectivity index (χ3n) is 4.58. The maximum atomic E-state index is 13.2. The van der Waals surface area contributed by atoms with Gasteiger partial charge in [-0.3, -0.25) is 14.3 Å². The van der Waals surface area contributed by atoms with Crippen molar-refractivity contribution >= 4 is 11.8 Å². The van der Waals surface area contributed by atoms with Crippen molar-refractivity contribution in [1.29, 1.82) is 0 Å². The molecule has 2 N–H and O–H groups in total. The molecule has 3 rings (SSSR count). The Labute approximate surface area is 132 Å². The van der Waals surface area contributed by atoms with Crippen LogP contribution in [0.3, 0.4) is 0 Å². The van der Waals surface area contributed by atoms with Gasteiger partial charge in [-0.05, 0) is 31.2 Å². The van der Waals surface area contributed by atoms with Crippen LogP contribution in [0, 0.1) is 12.8 Å². The SMILES string of the molecule is Cc1cnn(CC2NC(=O)C(C3CCC(F)(F)CC3)NC2=O)c1. The van der Waals surface area contributed by atoms with Gasteiger partial charge < -0.3 is 10.6 Å². The van der Waals surface area contributed by atoms with E-state index in [4.69, 9.17) is 0 Å². The number of carbonyl (C=O) groups is 2. The van der Waals surface area contributed by atoms with Crippen LogP contribution in [-0.4, -0.2) is 39.6 Å². The quantitative estimate of drug-likeness (QED) is 0.870. The lowest BCUT2D eigenvalue weighted by molar-refractivity contribution is -0.140. The van der Waals surface area contributed by atoms with E-state index in [1.165, 1.54) is 0 Å². The smallest absolute Gasteiger partial charge is 0.248 e. The third kappa shape index (κ3) is 3.51. The summed E-state index contributed by atoms with van der Waals surface area (Å²) in [5.41, 5.74) is 0.966. The Bertz CT molecular complexity index is 606. The molecule has 1 saturated carbocycles. The molecule has 126 valence electrons. The van der Waals surface area contributed by atoms with Gasteiger partial charge in [0.05, 0.1) is 12.7 Å². The van der Waals surface area contributed by atoms with Crippen molar-refractivity contribution in [2.45, 2.75) is 57.2 Å². The molecule has 0 radical (unpaired) electrons. The van der Waals surface area contributed by atoms with Crippen LogP contribution in [0.5, 0.6) is 0 Å². The lowest BCUT2D eigenvalue weighted by Crippen LogP contribution is -2.65. The second kappa shape index (κ2) is 5.90. The Morgan fingerprint density at radius 3 is 2.57 bits per heavy atom. The molecule has 2 heterocycles. The molecule has 1 aromatic heterocycles. The molecule has 1 aliphatic heterocycles. The first-order chi connectivity index (χ1) is 10.8. The zero-order valence-corrected chi connectivity index (χ0v) is 12.9. The Balaban J connectivity index is 1.61. The van der Waals surface area contributed by atoms with E-state index >= 15 is 0 Å². The van der Waals surface area contributed by atoms with E-state index in [2.05, 4.69) is 15.7 Å². The topological polar surface area (TPSA) is 76.0 Å². The summed E-state index contributed by atoms with van der Waals surface area (Å²) in [5, 5.41) is 9.49. The fourth-order valence-electron chi connectivity index (χ4n) is 3.26. The molecular weight excluding hydrogens is 306 g/mol. The summed E-state index contributed by atoms with van der Waals surface area (Å²) in [6, 6.07) is -1.41. The zero-order valence-electron chi connectivity index (χ0n) is 12.9. The van der Waals surface area contributed by atoms with Crippen LogP contribution in [0.25, 0.3) is 0 Å². The Morgan fingerprint density at radius 2 is 1.96 bits per heavy atom. The van der Waals surface area contributed by atoms with E-state index in [-0.39, 0.29) is 50.0 Å². The minimum Gasteiger partial charge on any atom is -0.342 e. The average Bonchev–Trinajstić information content (AvgIpc) is 2.88. The zero-order chi connectivity index (χ0) is 16.6. The van der Waals surface area contributed by atoms with Crippen LogP contribution in [-0.2, 0) is 16.1 Å². The highest BCUT2D eigenvalue weighted by Gasteiger charge is 2.43. The van der Waals surface area contributed by atoms with Gasteiger partial charge in [0.25, 0.3) is 0 Å². The fourth-order valence-corrected chi connectivity index (χ4v) is 3.26. The Hall–Kier alpha value is -1.99. The number of nitrogens with zero attached hydrogens (tertiary/aromatic N) is 2. The molecule has 6 nitrogen and oxygen atoms in total. The molecule has 0 spiro atoms. The molecule has 1 aliphatic carbocycles. The van der Waals surface area contributed by atoms with Crippen molar-refractivity contribution in [1.82, 2.24) is 20.4 Å². The van der Waals surface area contributed by atoms with Crippen molar-refractivity contribution in [2.75, 3.05) is 0 Å². The highest BCUT2D eigenvalue weighted by atomic mass is 19.3. The third-order valence-corrected chi connectivity index (χ3v) is 4.58. The van der Waals surface area contributed by atoms with Crippen LogP contribution in [0.4, 0.5) is 8.78 Å². The first kappa shape index (κ1) is 15.9. The lowest BCUT2D eigenvalue weighted by Gasteiger charge is -2.37. The van der Waals surface area contributed by atoms with Crippen molar-refractivity contribution in [3.63, 3.8) is 0 Å². The normalized spacial score (nSPS) is 28.3. The number of hydrogen-bond donors (Lipinski definition) is 2. The monoisotopic (exact) mass is 326 g/mol. The van der Waals surface area contributed by atoms with Crippen molar-refractivity contribution in [2.24, 2.45) is 5.92 Å². The predicted octanol–water partition coefficient (Wildman–Crippen LogP) is 1.00. The summed E-state index contributed by atoms with van der Waals surface area (Å²) in [6.45, 7) is 2.14. The van der Waals surface area contributed by atoms with Gasteiger partial charge in [0.2, 0.25) is 17.7 Å². The molecule has 0 aromatic carbocycles. The van der Waals surface area contributed by atoms with E-state index < -0.39 is 18.0 Å². The Morgan fingerprint density at radius 1 is 1.26 bits per heavy atom. The number of hydrogen-bond acceptors (Lipinski definition) is 3. The van der Waals surface area contributed by atoms with Gasteiger partial charge in [-0.2, -0.15) is 5.10 Å². The van der Waals surface area contributed by atoms with Crippen molar-refractivity contribution in [3.05, 3.63) is 18.0 Å². The molecule has 8 heteroatoms. The molecule has 23 heavy (non-hydrogen) atoms. The van der Waals surface area contributed by atoms with Crippen LogP contribution in [0.15, 0.2) is 12.4 Å². The highest BCUT2D eigenvalue weighted by Crippen LogP contribution is 2.37. The number of amides is 2. The summed E-state index contributed by atoms with van der Waals surface area (Å²) >= 11 is 0. The number of alkyl halides is 2. The number of aromatic nitrogens is 2. The maximum absolute atomic E-state index is 13.2. The summed E-state index contributed by atoms with van der Waals surface area (Å²) < 4.78 is 28.1. The molecule has 1 saturated heterocycles. The fraction of sp³-hybridized carbons (Fsp3) is 0.667. The number of carbonyl (C=O) groups excluding carboxylic acids is 2. The summed E-state index contributed by atoms with van der Waals surface area (Å²) in [5.74, 6) is -3.47. The first-order valence-corrected chi connectivity index (χ1v) is 7.82. The number of aryl methyl sites for hydroxylation is 1. The predicted molar refractivity (Wildman–Crippen MR) is 77.7 cm³/mol. The van der Waals surface area contributed by atoms with Gasteiger partial charge >= 0.3 is 0 Å². The molecule has 2 amide bonds. The first-order valence-electron chi connectivity index (χ1n) is 7.82. The van der Waals surface area contributed by atoms with Crippen LogP contribution in [0.2, 0.25) is 0 Å². The Kier molecular flexibility index (Phi) is 4.08. The molecule has 2 aliphatic rings. The van der Waals surface area contributed by atoms with E-state index in [9.17, 15) is 18.4 Å². The van der Waals surface area contributed by atoms with Gasteiger partial charge in [-0.15, -0.1) is 0 Å². The average molecular weight is 326 g/mol. The molecule has 2 fully saturated rings. The number of halogens is 2. The molecule has 2 unspecified atom stereocenters. The lowest BCUT2D eigenvalue weighted by atomic mass is 9.81. The van der Waals surface area contributed by atoms with Gasteiger partial charge in [0.15, 0.2) is 0 Å². The van der Waals surface area contributed by atoms with E-state index in [1.54, 1.807) is 17.1 Å².